The number of allylic oxidation sites excluding steroid dienone is 4. The van der Waals surface area contributed by atoms with E-state index in [2.05, 4.69) is 241 Å². The second-order valence-electron chi connectivity index (χ2n) is 19.0. The van der Waals surface area contributed by atoms with Gasteiger partial charge in [0.25, 0.3) is 0 Å². The number of hydrogen-bond acceptors (Lipinski definition) is 0. The third-order valence-corrected chi connectivity index (χ3v) is 15.7. The van der Waals surface area contributed by atoms with Gasteiger partial charge in [0, 0.05) is 16.5 Å². The van der Waals surface area contributed by atoms with E-state index in [0.717, 1.165) is 18.5 Å². The van der Waals surface area contributed by atoms with Gasteiger partial charge in [-0.25, -0.2) is 0 Å². The third-order valence-electron chi connectivity index (χ3n) is 15.7. The van der Waals surface area contributed by atoms with Crippen molar-refractivity contribution in [2.45, 2.75) is 18.3 Å². The van der Waals surface area contributed by atoms with Crippen LogP contribution < -0.4 is 0 Å². The molecule has 0 saturated heterocycles. The van der Waals surface area contributed by atoms with Crippen LogP contribution in [-0.4, -0.2) is 4.57 Å². The van der Waals surface area contributed by atoms with E-state index in [1.54, 1.807) is 5.57 Å². The molecule has 15 rings (SSSR count). The van der Waals surface area contributed by atoms with Gasteiger partial charge in [-0.1, -0.05) is 194 Å². The van der Waals surface area contributed by atoms with E-state index in [0.29, 0.717) is 0 Å². The van der Waals surface area contributed by atoms with Crippen LogP contribution in [0.2, 0.25) is 0 Å². The number of benzene rings is 11. The Labute approximate surface area is 395 Å². The number of rotatable bonds is 4. The summed E-state index contributed by atoms with van der Waals surface area (Å²) in [4.78, 5) is 0. The van der Waals surface area contributed by atoms with Gasteiger partial charge in [0.1, 0.15) is 0 Å². The highest BCUT2D eigenvalue weighted by Crippen LogP contribution is 2.64. The summed E-state index contributed by atoms with van der Waals surface area (Å²) in [6, 6.07) is 84.5. The normalized spacial score (nSPS) is 14.4. The van der Waals surface area contributed by atoms with Crippen LogP contribution in [0.15, 0.2) is 242 Å². The average Bonchev–Trinajstić information content (AvgIpc) is 4.01. The Kier molecular flexibility index (Phi) is 7.89. The molecule has 3 aliphatic rings. The lowest BCUT2D eigenvalue weighted by Crippen LogP contribution is -2.27. The van der Waals surface area contributed by atoms with E-state index in [4.69, 9.17) is 0 Å². The van der Waals surface area contributed by atoms with E-state index >= 15 is 0 Å². The summed E-state index contributed by atoms with van der Waals surface area (Å²) in [5.41, 5.74) is 22.0. The van der Waals surface area contributed by atoms with E-state index in [-0.39, 0.29) is 5.41 Å². The molecule has 0 unspecified atom stereocenters. The lowest BCUT2D eigenvalue weighted by atomic mass is 9.68. The molecule has 0 fully saturated rings. The first kappa shape index (κ1) is 37.7. The number of aromatic nitrogens is 1. The van der Waals surface area contributed by atoms with Gasteiger partial charge in [0.15, 0.2) is 0 Å². The van der Waals surface area contributed by atoms with Crippen LogP contribution in [0, 0.1) is 0 Å². The van der Waals surface area contributed by atoms with E-state index in [1.165, 1.54) is 126 Å². The molecule has 0 amide bonds. The Morgan fingerprint density at radius 2 is 0.897 bits per heavy atom. The molecular weight excluding hydrogens is 819 g/mol. The maximum absolute atomic E-state index is 2.57. The van der Waals surface area contributed by atoms with E-state index in [9.17, 15) is 0 Å². The quantitative estimate of drug-likeness (QED) is 0.155. The lowest BCUT2D eigenvalue weighted by molar-refractivity contribution is 0.714. The van der Waals surface area contributed by atoms with Gasteiger partial charge in [0.05, 0.1) is 16.4 Å². The Hall–Kier alpha value is -8.52. The number of para-hydroxylation sites is 1. The summed E-state index contributed by atoms with van der Waals surface area (Å²) in [7, 11) is 0. The monoisotopic (exact) mass is 861 g/mol. The van der Waals surface area contributed by atoms with Crippen molar-refractivity contribution in [1.29, 1.82) is 0 Å². The molecule has 0 radical (unpaired) electrons. The van der Waals surface area contributed by atoms with Crippen LogP contribution in [0.1, 0.15) is 35.1 Å². The zero-order valence-electron chi connectivity index (χ0n) is 37.4. The first-order valence-corrected chi connectivity index (χ1v) is 24.1. The van der Waals surface area contributed by atoms with Gasteiger partial charge >= 0.3 is 0 Å². The highest BCUT2D eigenvalue weighted by molar-refractivity contribution is 6.22. The highest BCUT2D eigenvalue weighted by Gasteiger charge is 2.52. The predicted molar refractivity (Wildman–Crippen MR) is 287 cm³/mol. The minimum Gasteiger partial charge on any atom is -0.309 e. The number of fused-ring (bicyclic) bond motifs is 15. The third kappa shape index (κ3) is 5.11. The maximum atomic E-state index is 2.57. The summed E-state index contributed by atoms with van der Waals surface area (Å²) in [6.07, 6.45) is 6.91. The molecule has 1 nitrogen and oxygen atoms in total. The van der Waals surface area contributed by atoms with Gasteiger partial charge in [-0.15, -0.1) is 0 Å². The fraction of sp³-hybridized carbons (Fsp3) is 0.0448. The molecule has 316 valence electrons. The van der Waals surface area contributed by atoms with Crippen molar-refractivity contribution in [3.05, 3.63) is 264 Å². The molecule has 0 N–H and O–H groups in total. The van der Waals surface area contributed by atoms with Crippen molar-refractivity contribution in [3.8, 4) is 50.2 Å². The Morgan fingerprint density at radius 3 is 1.62 bits per heavy atom. The molecule has 11 aromatic carbocycles. The standard InChI is InChI=1S/C67H43N/c1-2-16-44-39-45(30-29-42(44)15-1)46-34-38-64-58(40-46)53-20-10-14-28-63(53)68(64)48-35-31-43(32-36-48)65-54-21-3-5-23-56(54)66(57-24-6-4-22-55(57)65)47-33-37-52-51-19-9-13-27-61(51)67(62(52)41-47)59-25-11-7-17-49(59)50-18-8-12-26-60(50)67/h1-12,14-26,28-41H,13,27H2. The molecule has 12 aromatic rings. The molecule has 1 heterocycles. The molecule has 0 saturated carbocycles. The van der Waals surface area contributed by atoms with Gasteiger partial charge < -0.3 is 4.57 Å². The second-order valence-corrected chi connectivity index (χ2v) is 19.0. The molecule has 0 atom stereocenters. The molecule has 1 aromatic heterocycles. The molecule has 68 heavy (non-hydrogen) atoms. The minimum atomic E-state index is -0.318. The second kappa shape index (κ2) is 14.2. The van der Waals surface area contributed by atoms with Gasteiger partial charge in [0.2, 0.25) is 0 Å². The highest BCUT2D eigenvalue weighted by atomic mass is 15.0. The smallest absolute Gasteiger partial charge is 0.0688 e. The van der Waals surface area contributed by atoms with Crippen LogP contribution >= 0.6 is 0 Å². The van der Waals surface area contributed by atoms with Gasteiger partial charge in [-0.2, -0.15) is 0 Å². The first-order valence-electron chi connectivity index (χ1n) is 24.1. The molecular formula is C67H43N. The minimum absolute atomic E-state index is 0.318. The summed E-state index contributed by atoms with van der Waals surface area (Å²) in [5, 5.41) is 10.1. The van der Waals surface area contributed by atoms with Crippen molar-refractivity contribution in [3.63, 3.8) is 0 Å². The van der Waals surface area contributed by atoms with E-state index < -0.39 is 0 Å². The molecule has 0 aliphatic heterocycles. The van der Waals surface area contributed by atoms with Crippen molar-refractivity contribution in [2.75, 3.05) is 0 Å². The average molecular weight is 862 g/mol. The van der Waals surface area contributed by atoms with Gasteiger partial charge in [-0.3, -0.25) is 0 Å². The Balaban J connectivity index is 0.888. The van der Waals surface area contributed by atoms with Gasteiger partial charge in [-0.05, 0) is 166 Å². The first-order chi connectivity index (χ1) is 33.7. The SMILES string of the molecule is C1=CC2=C(CC1)C1(c3cc(-c4c5ccccc5c(-c5ccc(-n6c7ccccc7c7cc(-c8ccc9ccccc9c8)ccc76)cc5)c5ccccc45)ccc32)c2ccccc2-c2ccccc21. The zero-order valence-corrected chi connectivity index (χ0v) is 37.4. The Bertz CT molecular complexity index is 4090. The van der Waals surface area contributed by atoms with Crippen molar-refractivity contribution < 1.29 is 0 Å². The van der Waals surface area contributed by atoms with Crippen molar-refractivity contribution in [2.24, 2.45) is 0 Å². The summed E-state index contributed by atoms with van der Waals surface area (Å²) >= 11 is 0. The molecule has 1 heteroatoms. The van der Waals surface area contributed by atoms with Crippen molar-refractivity contribution >= 4 is 59.7 Å². The van der Waals surface area contributed by atoms with Crippen LogP contribution in [0.3, 0.4) is 0 Å². The predicted octanol–water partition coefficient (Wildman–Crippen LogP) is 17.7. The summed E-state index contributed by atoms with van der Waals surface area (Å²) in [6.45, 7) is 0. The Morgan fingerprint density at radius 1 is 0.353 bits per heavy atom. The maximum Gasteiger partial charge on any atom is 0.0688 e. The van der Waals surface area contributed by atoms with Crippen LogP contribution in [0.4, 0.5) is 0 Å². The fourth-order valence-corrected chi connectivity index (χ4v) is 12.9. The fourth-order valence-electron chi connectivity index (χ4n) is 12.9. The van der Waals surface area contributed by atoms with Crippen LogP contribution in [0.5, 0.6) is 0 Å². The zero-order chi connectivity index (χ0) is 44.5. The van der Waals surface area contributed by atoms with Crippen LogP contribution in [-0.2, 0) is 5.41 Å². The van der Waals surface area contributed by atoms with E-state index in [1.807, 2.05) is 0 Å². The summed E-state index contributed by atoms with van der Waals surface area (Å²) < 4.78 is 2.43. The molecule has 0 bridgehead atoms. The number of nitrogens with zero attached hydrogens (tertiary/aromatic N) is 1. The van der Waals surface area contributed by atoms with Crippen LogP contribution in [0.25, 0.3) is 110 Å². The lowest BCUT2D eigenvalue weighted by Gasteiger charge is -2.33. The summed E-state index contributed by atoms with van der Waals surface area (Å²) in [5.74, 6) is 0. The molecule has 3 aliphatic carbocycles. The number of hydrogen-bond donors (Lipinski definition) is 0. The van der Waals surface area contributed by atoms with Crippen molar-refractivity contribution in [1.82, 2.24) is 4.57 Å². The molecule has 1 spiro atoms. The topological polar surface area (TPSA) is 4.93 Å². The largest absolute Gasteiger partial charge is 0.309 e.